The summed E-state index contributed by atoms with van der Waals surface area (Å²) in [4.78, 5) is 23.8. The minimum Gasteiger partial charge on any atom is -0.462 e. The van der Waals surface area contributed by atoms with Crippen LogP contribution in [0.25, 0.3) is 0 Å². The minimum absolute atomic E-state index is 0.260. The van der Waals surface area contributed by atoms with Crippen LogP contribution in [0.3, 0.4) is 0 Å². The summed E-state index contributed by atoms with van der Waals surface area (Å²) in [6, 6.07) is 12.9. The van der Waals surface area contributed by atoms with Crippen LogP contribution in [-0.4, -0.2) is 18.5 Å². The van der Waals surface area contributed by atoms with Crippen molar-refractivity contribution in [2.24, 2.45) is 0 Å². The normalized spacial score (nSPS) is 10.1. The molecule has 0 radical (unpaired) electrons. The zero-order valence-electron chi connectivity index (χ0n) is 12.0. The van der Waals surface area contributed by atoms with E-state index in [-0.39, 0.29) is 11.3 Å². The summed E-state index contributed by atoms with van der Waals surface area (Å²) < 4.78 is 10.3. The average molecular weight is 319 g/mol. The average Bonchev–Trinajstić information content (AvgIpc) is 2.53. The van der Waals surface area contributed by atoms with Crippen molar-refractivity contribution >= 4 is 23.5 Å². The van der Waals surface area contributed by atoms with Gasteiger partial charge in [-0.05, 0) is 36.8 Å². The van der Waals surface area contributed by atoms with Crippen LogP contribution in [0, 0.1) is 0 Å². The molecule has 5 heteroatoms. The smallest absolute Gasteiger partial charge is 0.345 e. The largest absolute Gasteiger partial charge is 0.462 e. The van der Waals surface area contributed by atoms with Crippen molar-refractivity contribution in [3.8, 4) is 5.75 Å². The third-order valence-electron chi connectivity index (χ3n) is 2.81. The van der Waals surface area contributed by atoms with Gasteiger partial charge in [-0.2, -0.15) is 0 Å². The van der Waals surface area contributed by atoms with Crippen LogP contribution in [0.5, 0.6) is 5.75 Å². The molecule has 2 aromatic rings. The fourth-order valence-electron chi connectivity index (χ4n) is 1.75. The second kappa shape index (κ2) is 7.61. The predicted octanol–water partition coefficient (Wildman–Crippen LogP) is 4.13. The van der Waals surface area contributed by atoms with Crippen molar-refractivity contribution in [3.63, 3.8) is 0 Å². The van der Waals surface area contributed by atoms with Crippen molar-refractivity contribution in [3.05, 3.63) is 64.7 Å². The highest BCUT2D eigenvalue weighted by atomic mass is 35.5. The molecule has 0 aliphatic rings. The number of esters is 2. The Bertz CT molecular complexity index is 682. The van der Waals surface area contributed by atoms with Crippen LogP contribution < -0.4 is 4.74 Å². The van der Waals surface area contributed by atoms with Gasteiger partial charge < -0.3 is 9.47 Å². The molecule has 0 atom stereocenters. The highest BCUT2D eigenvalue weighted by Crippen LogP contribution is 2.20. The van der Waals surface area contributed by atoms with E-state index in [1.807, 2.05) is 6.92 Å². The van der Waals surface area contributed by atoms with Gasteiger partial charge in [-0.1, -0.05) is 36.7 Å². The fourth-order valence-corrected chi connectivity index (χ4v) is 1.97. The number of ether oxygens (including phenoxy) is 2. The van der Waals surface area contributed by atoms with Crippen molar-refractivity contribution in [2.75, 3.05) is 6.61 Å². The Kier molecular flexibility index (Phi) is 5.55. The van der Waals surface area contributed by atoms with Gasteiger partial charge in [0, 0.05) is 0 Å². The molecule has 0 saturated carbocycles. The van der Waals surface area contributed by atoms with Crippen molar-refractivity contribution < 1.29 is 19.1 Å². The highest BCUT2D eigenvalue weighted by molar-refractivity contribution is 6.33. The molecule has 0 aliphatic heterocycles. The Morgan fingerprint density at radius 1 is 1.05 bits per heavy atom. The van der Waals surface area contributed by atoms with E-state index in [9.17, 15) is 9.59 Å². The molecule has 0 spiro atoms. The van der Waals surface area contributed by atoms with Gasteiger partial charge in [-0.25, -0.2) is 9.59 Å². The van der Waals surface area contributed by atoms with Gasteiger partial charge in [-0.3, -0.25) is 0 Å². The number of benzene rings is 2. The van der Waals surface area contributed by atoms with Gasteiger partial charge in [0.05, 0.1) is 22.8 Å². The van der Waals surface area contributed by atoms with Crippen molar-refractivity contribution in [2.45, 2.75) is 13.3 Å². The third-order valence-corrected chi connectivity index (χ3v) is 3.14. The molecule has 0 bridgehead atoms. The lowest BCUT2D eigenvalue weighted by molar-refractivity contribution is 0.0503. The first-order chi connectivity index (χ1) is 10.6. The Balaban J connectivity index is 2.12. The standard InChI is InChI=1S/C17H15ClO4/c1-2-10-21-16(19)12-6-5-7-13(11-12)22-17(20)14-8-3-4-9-15(14)18/h3-9,11H,2,10H2,1H3. The summed E-state index contributed by atoms with van der Waals surface area (Å²) in [5, 5.41) is 0.311. The van der Waals surface area contributed by atoms with E-state index < -0.39 is 11.9 Å². The highest BCUT2D eigenvalue weighted by Gasteiger charge is 2.14. The van der Waals surface area contributed by atoms with Crippen molar-refractivity contribution in [1.82, 2.24) is 0 Å². The minimum atomic E-state index is -0.579. The zero-order chi connectivity index (χ0) is 15.9. The first kappa shape index (κ1) is 16.0. The molecule has 4 nitrogen and oxygen atoms in total. The maximum absolute atomic E-state index is 12.1. The number of halogens is 1. The van der Waals surface area contributed by atoms with Gasteiger partial charge in [0.25, 0.3) is 0 Å². The molecule has 0 aromatic heterocycles. The fraction of sp³-hybridized carbons (Fsp3) is 0.176. The lowest BCUT2D eigenvalue weighted by atomic mass is 10.2. The third kappa shape index (κ3) is 4.09. The molecular formula is C17H15ClO4. The van der Waals surface area contributed by atoms with Crippen LogP contribution in [-0.2, 0) is 4.74 Å². The zero-order valence-corrected chi connectivity index (χ0v) is 12.8. The molecule has 2 aromatic carbocycles. The van der Waals surface area contributed by atoms with Gasteiger partial charge >= 0.3 is 11.9 Å². The first-order valence-corrected chi connectivity index (χ1v) is 7.23. The molecule has 0 fully saturated rings. The van der Waals surface area contributed by atoms with Gasteiger partial charge in [0.1, 0.15) is 5.75 Å². The number of carbonyl (C=O) groups excluding carboxylic acids is 2. The Morgan fingerprint density at radius 2 is 1.82 bits per heavy atom. The number of hydrogen-bond donors (Lipinski definition) is 0. The van der Waals surface area contributed by atoms with E-state index in [0.29, 0.717) is 17.2 Å². The van der Waals surface area contributed by atoms with E-state index in [1.54, 1.807) is 42.5 Å². The summed E-state index contributed by atoms with van der Waals surface area (Å²) in [5.41, 5.74) is 0.598. The van der Waals surface area contributed by atoms with E-state index >= 15 is 0 Å². The van der Waals surface area contributed by atoms with E-state index in [4.69, 9.17) is 21.1 Å². The molecule has 0 amide bonds. The summed E-state index contributed by atoms with van der Waals surface area (Å²) in [5.74, 6) is -0.766. The quantitative estimate of drug-likeness (QED) is 0.614. The predicted molar refractivity (Wildman–Crippen MR) is 83.4 cm³/mol. The summed E-state index contributed by atoms with van der Waals surface area (Å²) >= 11 is 5.95. The molecule has 114 valence electrons. The monoisotopic (exact) mass is 318 g/mol. The Morgan fingerprint density at radius 3 is 2.55 bits per heavy atom. The maximum Gasteiger partial charge on any atom is 0.345 e. The van der Waals surface area contributed by atoms with Crippen molar-refractivity contribution in [1.29, 1.82) is 0 Å². The second-order valence-corrected chi connectivity index (χ2v) is 4.94. The lowest BCUT2D eigenvalue weighted by Gasteiger charge is -2.07. The van der Waals surface area contributed by atoms with E-state index in [1.165, 1.54) is 6.07 Å². The molecule has 0 heterocycles. The number of carbonyl (C=O) groups is 2. The van der Waals surface area contributed by atoms with Gasteiger partial charge in [0.2, 0.25) is 0 Å². The maximum atomic E-state index is 12.1. The van der Waals surface area contributed by atoms with Crippen LogP contribution in [0.2, 0.25) is 5.02 Å². The molecule has 0 saturated heterocycles. The van der Waals surface area contributed by atoms with Crippen LogP contribution in [0.4, 0.5) is 0 Å². The molecule has 0 unspecified atom stereocenters. The molecule has 2 rings (SSSR count). The van der Waals surface area contributed by atoms with Gasteiger partial charge in [0.15, 0.2) is 0 Å². The Labute approximate surface area is 133 Å². The van der Waals surface area contributed by atoms with Gasteiger partial charge in [-0.15, -0.1) is 0 Å². The number of hydrogen-bond acceptors (Lipinski definition) is 4. The molecule has 0 N–H and O–H groups in total. The SMILES string of the molecule is CCCOC(=O)c1cccc(OC(=O)c2ccccc2Cl)c1. The Hall–Kier alpha value is -2.33. The second-order valence-electron chi connectivity index (χ2n) is 4.53. The van der Waals surface area contributed by atoms with Crippen LogP contribution in [0.15, 0.2) is 48.5 Å². The summed E-state index contributed by atoms with van der Waals surface area (Å²) in [6.07, 6.45) is 0.743. The van der Waals surface area contributed by atoms with E-state index in [2.05, 4.69) is 0 Å². The molecule has 0 aliphatic carbocycles. The number of rotatable bonds is 5. The summed E-state index contributed by atoms with van der Waals surface area (Å²) in [6.45, 7) is 2.26. The van der Waals surface area contributed by atoms with E-state index in [0.717, 1.165) is 6.42 Å². The molecular weight excluding hydrogens is 304 g/mol. The summed E-state index contributed by atoms with van der Waals surface area (Å²) in [7, 11) is 0. The first-order valence-electron chi connectivity index (χ1n) is 6.85. The lowest BCUT2D eigenvalue weighted by Crippen LogP contribution is -2.10. The molecule has 22 heavy (non-hydrogen) atoms. The van der Waals surface area contributed by atoms with Crippen LogP contribution in [0.1, 0.15) is 34.1 Å². The topological polar surface area (TPSA) is 52.6 Å². The van der Waals surface area contributed by atoms with Crippen LogP contribution >= 0.6 is 11.6 Å².